The molecule has 11 rings (SSSR count). The minimum atomic E-state index is 0.725. The second kappa shape index (κ2) is 14.6. The summed E-state index contributed by atoms with van der Waals surface area (Å²) in [4.78, 5) is 12.3. The van der Waals surface area contributed by atoms with E-state index in [0.29, 0.717) is 0 Å². The minimum absolute atomic E-state index is 0.725. The standard InChI is InChI=1S/C56H37N3/c1-4-12-38(13-5-1)39-22-24-40(25-23-39)41-26-30-46(31-27-41)59(45-18-8-3-9-19-45)47-32-28-42(29-33-47)48-34-35-51(56-57-37-36-52(58-56)43-14-6-2-7-15-43)55-50-21-11-17-44-16-10-20-49(53(44)50)54(48)55/h1-37H. The van der Waals surface area contributed by atoms with Gasteiger partial charge in [0.1, 0.15) is 0 Å². The summed E-state index contributed by atoms with van der Waals surface area (Å²) in [5.41, 5.74) is 18.3. The number of rotatable bonds is 8. The number of para-hydroxylation sites is 1. The fourth-order valence-electron chi connectivity index (χ4n) is 8.71. The topological polar surface area (TPSA) is 29.0 Å². The summed E-state index contributed by atoms with van der Waals surface area (Å²) in [6.07, 6.45) is 1.88. The normalized spacial score (nSPS) is 11.4. The molecule has 0 saturated carbocycles. The third kappa shape index (κ3) is 6.17. The van der Waals surface area contributed by atoms with E-state index in [0.717, 1.165) is 45.3 Å². The van der Waals surface area contributed by atoms with Gasteiger partial charge in [-0.25, -0.2) is 9.97 Å². The molecule has 1 aliphatic carbocycles. The lowest BCUT2D eigenvalue weighted by Crippen LogP contribution is -2.09. The maximum Gasteiger partial charge on any atom is 0.160 e. The Balaban J connectivity index is 0.976. The first-order valence-corrected chi connectivity index (χ1v) is 20.1. The van der Waals surface area contributed by atoms with Crippen molar-refractivity contribution in [2.75, 3.05) is 4.90 Å². The van der Waals surface area contributed by atoms with Gasteiger partial charge in [0.05, 0.1) is 5.69 Å². The van der Waals surface area contributed by atoms with Crippen LogP contribution in [0, 0.1) is 0 Å². The second-order valence-corrected chi connectivity index (χ2v) is 15.0. The second-order valence-electron chi connectivity index (χ2n) is 15.0. The SMILES string of the molecule is c1ccc(-c2ccc(-c3ccc(N(c4ccccc4)c4ccc(-c5ccc(-c6nccc(-c7ccccc7)n6)c6c5-c5cccc7cccc-6c57)cc4)cc3)cc2)cc1. The molecule has 3 heteroatoms. The third-order valence-corrected chi connectivity index (χ3v) is 11.5. The van der Waals surface area contributed by atoms with Crippen LogP contribution in [0.2, 0.25) is 0 Å². The molecule has 0 unspecified atom stereocenters. The van der Waals surface area contributed by atoms with Gasteiger partial charge in [0.25, 0.3) is 0 Å². The molecule has 10 aromatic rings. The molecule has 0 atom stereocenters. The van der Waals surface area contributed by atoms with Gasteiger partial charge in [-0.3, -0.25) is 0 Å². The Bertz CT molecular complexity index is 3100. The van der Waals surface area contributed by atoms with Crippen LogP contribution in [-0.4, -0.2) is 9.97 Å². The van der Waals surface area contributed by atoms with Crippen molar-refractivity contribution in [2.45, 2.75) is 0 Å². The fourth-order valence-corrected chi connectivity index (χ4v) is 8.71. The van der Waals surface area contributed by atoms with Crippen LogP contribution < -0.4 is 4.90 Å². The van der Waals surface area contributed by atoms with Crippen molar-refractivity contribution >= 4 is 27.8 Å². The van der Waals surface area contributed by atoms with Crippen molar-refractivity contribution in [1.82, 2.24) is 9.97 Å². The summed E-state index contributed by atoms with van der Waals surface area (Å²) in [5, 5.41) is 2.51. The molecule has 0 saturated heterocycles. The van der Waals surface area contributed by atoms with Crippen LogP contribution in [0.1, 0.15) is 0 Å². The first-order chi connectivity index (χ1) is 29.3. The molecule has 3 nitrogen and oxygen atoms in total. The van der Waals surface area contributed by atoms with E-state index >= 15 is 0 Å². The van der Waals surface area contributed by atoms with Crippen LogP contribution in [-0.2, 0) is 0 Å². The fraction of sp³-hybridized carbons (Fsp3) is 0. The van der Waals surface area contributed by atoms with Crippen LogP contribution in [0.15, 0.2) is 225 Å². The molecule has 1 aromatic heterocycles. The van der Waals surface area contributed by atoms with Crippen molar-refractivity contribution in [2.24, 2.45) is 0 Å². The van der Waals surface area contributed by atoms with Gasteiger partial charge in [0.2, 0.25) is 0 Å². The minimum Gasteiger partial charge on any atom is -0.311 e. The molecule has 59 heavy (non-hydrogen) atoms. The quantitative estimate of drug-likeness (QED) is 0.155. The largest absolute Gasteiger partial charge is 0.311 e. The molecule has 1 aliphatic rings. The highest BCUT2D eigenvalue weighted by Crippen LogP contribution is 2.54. The molecule has 0 aliphatic heterocycles. The number of benzene rings is 9. The predicted octanol–water partition coefficient (Wildman–Crippen LogP) is 15.1. The Labute approximate surface area is 344 Å². The molecule has 1 heterocycles. The summed E-state index contributed by atoms with van der Waals surface area (Å²) in [6.45, 7) is 0. The smallest absolute Gasteiger partial charge is 0.160 e. The predicted molar refractivity (Wildman–Crippen MR) is 246 cm³/mol. The highest BCUT2D eigenvalue weighted by Gasteiger charge is 2.28. The van der Waals surface area contributed by atoms with E-state index < -0.39 is 0 Å². The van der Waals surface area contributed by atoms with E-state index in [1.165, 1.54) is 60.8 Å². The van der Waals surface area contributed by atoms with Crippen LogP contribution in [0.4, 0.5) is 17.1 Å². The first-order valence-electron chi connectivity index (χ1n) is 20.1. The Morgan fingerprint density at radius 1 is 0.305 bits per heavy atom. The van der Waals surface area contributed by atoms with Crippen molar-refractivity contribution in [3.63, 3.8) is 0 Å². The van der Waals surface area contributed by atoms with Crippen LogP contribution in [0.5, 0.6) is 0 Å². The number of nitrogens with zero attached hydrogens (tertiary/aromatic N) is 3. The maximum absolute atomic E-state index is 5.13. The lowest BCUT2D eigenvalue weighted by atomic mass is 9.89. The van der Waals surface area contributed by atoms with E-state index in [2.05, 4.69) is 199 Å². The lowest BCUT2D eigenvalue weighted by Gasteiger charge is -2.26. The molecule has 0 fully saturated rings. The third-order valence-electron chi connectivity index (χ3n) is 11.5. The van der Waals surface area contributed by atoms with Crippen molar-refractivity contribution in [3.05, 3.63) is 225 Å². The number of aromatic nitrogens is 2. The van der Waals surface area contributed by atoms with E-state index in [1.807, 2.05) is 30.5 Å². The zero-order valence-corrected chi connectivity index (χ0v) is 32.2. The van der Waals surface area contributed by atoms with Gasteiger partial charge in [-0.15, -0.1) is 0 Å². The monoisotopic (exact) mass is 751 g/mol. The lowest BCUT2D eigenvalue weighted by molar-refractivity contribution is 1.18. The first kappa shape index (κ1) is 34.4. The Hall–Kier alpha value is -7.88. The van der Waals surface area contributed by atoms with Gasteiger partial charge >= 0.3 is 0 Å². The number of anilines is 3. The summed E-state index contributed by atoms with van der Waals surface area (Å²) in [6, 6.07) is 77.9. The Kier molecular flexibility index (Phi) is 8.49. The zero-order chi connectivity index (χ0) is 39.1. The molecule has 0 N–H and O–H groups in total. The molecule has 0 amide bonds. The highest BCUT2D eigenvalue weighted by molar-refractivity contribution is 6.20. The number of hydrogen-bond donors (Lipinski definition) is 0. The maximum atomic E-state index is 5.13. The van der Waals surface area contributed by atoms with Crippen molar-refractivity contribution < 1.29 is 0 Å². The molecule has 0 spiro atoms. The van der Waals surface area contributed by atoms with Crippen molar-refractivity contribution in [3.8, 4) is 78.3 Å². The van der Waals surface area contributed by atoms with E-state index in [-0.39, 0.29) is 0 Å². The average molecular weight is 752 g/mol. The molecule has 0 bridgehead atoms. The van der Waals surface area contributed by atoms with Crippen LogP contribution in [0.25, 0.3) is 89.1 Å². The molecule has 9 aromatic carbocycles. The molecule has 276 valence electrons. The van der Waals surface area contributed by atoms with Gasteiger partial charge in [0.15, 0.2) is 5.82 Å². The summed E-state index contributed by atoms with van der Waals surface area (Å²) >= 11 is 0. The summed E-state index contributed by atoms with van der Waals surface area (Å²) in [7, 11) is 0. The van der Waals surface area contributed by atoms with Crippen LogP contribution in [0.3, 0.4) is 0 Å². The molecular weight excluding hydrogens is 715 g/mol. The van der Waals surface area contributed by atoms with Gasteiger partial charge in [0, 0.05) is 39.9 Å². The molecular formula is C56H37N3. The average Bonchev–Trinajstić information content (AvgIpc) is 3.66. The summed E-state index contributed by atoms with van der Waals surface area (Å²) in [5.74, 6) is 0.725. The van der Waals surface area contributed by atoms with Crippen LogP contribution >= 0.6 is 0 Å². The number of fused-ring (bicyclic) bond motifs is 3. The van der Waals surface area contributed by atoms with Gasteiger partial charge in [-0.1, -0.05) is 170 Å². The van der Waals surface area contributed by atoms with Gasteiger partial charge in [-0.2, -0.15) is 0 Å². The van der Waals surface area contributed by atoms with E-state index in [1.54, 1.807) is 0 Å². The number of hydrogen-bond acceptors (Lipinski definition) is 3. The van der Waals surface area contributed by atoms with E-state index in [9.17, 15) is 0 Å². The summed E-state index contributed by atoms with van der Waals surface area (Å²) < 4.78 is 0. The molecule has 0 radical (unpaired) electrons. The van der Waals surface area contributed by atoms with Gasteiger partial charge < -0.3 is 4.90 Å². The van der Waals surface area contributed by atoms with Crippen molar-refractivity contribution in [1.29, 1.82) is 0 Å². The van der Waals surface area contributed by atoms with Gasteiger partial charge in [-0.05, 0) is 109 Å². The Morgan fingerprint density at radius 2 is 0.763 bits per heavy atom. The Morgan fingerprint density at radius 3 is 1.36 bits per heavy atom. The van der Waals surface area contributed by atoms with E-state index in [4.69, 9.17) is 9.97 Å². The zero-order valence-electron chi connectivity index (χ0n) is 32.2. The highest BCUT2D eigenvalue weighted by atomic mass is 15.1.